The summed E-state index contributed by atoms with van der Waals surface area (Å²) in [6.07, 6.45) is -3.23. The summed E-state index contributed by atoms with van der Waals surface area (Å²) in [4.78, 5) is 22.0. The SMILES string of the molecule is O=c1c2ccccc2c(/C=N/c2nc(-c3ccccc3)cs2)c(O)n1-c1cccc(C(F)(F)F)c1. The predicted molar refractivity (Wildman–Crippen MR) is 131 cm³/mol. The maximum Gasteiger partial charge on any atom is 0.416 e. The van der Waals surface area contributed by atoms with Crippen LogP contribution in [0.3, 0.4) is 0 Å². The van der Waals surface area contributed by atoms with E-state index in [0.717, 1.165) is 28.0 Å². The van der Waals surface area contributed by atoms with Gasteiger partial charge in [-0.05, 0) is 24.3 Å². The highest BCUT2D eigenvalue weighted by molar-refractivity contribution is 7.13. The Hall–Kier alpha value is -4.24. The van der Waals surface area contributed by atoms with Crippen LogP contribution in [0.1, 0.15) is 11.1 Å². The van der Waals surface area contributed by atoms with Gasteiger partial charge >= 0.3 is 6.18 Å². The maximum absolute atomic E-state index is 13.3. The lowest BCUT2D eigenvalue weighted by Crippen LogP contribution is -2.20. The molecule has 0 unspecified atom stereocenters. The van der Waals surface area contributed by atoms with E-state index in [4.69, 9.17) is 0 Å². The molecule has 0 saturated carbocycles. The van der Waals surface area contributed by atoms with Gasteiger partial charge in [0.2, 0.25) is 11.0 Å². The number of aromatic nitrogens is 2. The van der Waals surface area contributed by atoms with Gasteiger partial charge in [-0.25, -0.2) is 14.5 Å². The van der Waals surface area contributed by atoms with Crippen LogP contribution in [0.2, 0.25) is 0 Å². The molecule has 2 heterocycles. The Kier molecular flexibility index (Phi) is 5.70. The fraction of sp³-hybridized carbons (Fsp3) is 0.0385. The molecular weight excluding hydrogens is 475 g/mol. The van der Waals surface area contributed by atoms with E-state index in [1.165, 1.54) is 29.7 Å². The topological polar surface area (TPSA) is 67.5 Å². The van der Waals surface area contributed by atoms with Crippen LogP contribution in [-0.4, -0.2) is 20.9 Å². The number of aromatic hydroxyl groups is 1. The zero-order valence-corrected chi connectivity index (χ0v) is 18.7. The van der Waals surface area contributed by atoms with Gasteiger partial charge in [-0.1, -0.05) is 54.6 Å². The Balaban J connectivity index is 1.64. The number of aliphatic imine (C=N–C) groups is 1. The molecule has 0 radical (unpaired) electrons. The van der Waals surface area contributed by atoms with Crippen molar-refractivity contribution in [2.75, 3.05) is 0 Å². The van der Waals surface area contributed by atoms with Crippen molar-refractivity contribution in [1.29, 1.82) is 0 Å². The highest BCUT2D eigenvalue weighted by atomic mass is 32.1. The minimum absolute atomic E-state index is 0.108. The molecule has 3 aromatic carbocycles. The first kappa shape index (κ1) is 22.5. The molecule has 0 aliphatic carbocycles. The summed E-state index contributed by atoms with van der Waals surface area (Å²) in [6.45, 7) is 0. The van der Waals surface area contributed by atoms with Crippen LogP contribution < -0.4 is 5.56 Å². The van der Waals surface area contributed by atoms with Crippen molar-refractivity contribution in [1.82, 2.24) is 9.55 Å². The smallest absolute Gasteiger partial charge is 0.416 e. The van der Waals surface area contributed by atoms with Gasteiger partial charge in [-0.15, -0.1) is 11.3 Å². The van der Waals surface area contributed by atoms with Crippen LogP contribution >= 0.6 is 11.3 Å². The Labute approximate surface area is 201 Å². The predicted octanol–water partition coefficient (Wildman–Crippen LogP) is 6.59. The number of rotatable bonds is 4. The molecule has 5 aromatic rings. The molecule has 2 aromatic heterocycles. The van der Waals surface area contributed by atoms with Crippen molar-refractivity contribution in [3.05, 3.63) is 106 Å². The molecular formula is C26H16F3N3O2S. The van der Waals surface area contributed by atoms with Crippen molar-refractivity contribution < 1.29 is 18.3 Å². The number of halogens is 3. The van der Waals surface area contributed by atoms with Gasteiger partial charge in [-0.3, -0.25) is 4.79 Å². The van der Waals surface area contributed by atoms with Crippen LogP contribution in [-0.2, 0) is 6.18 Å². The summed E-state index contributed by atoms with van der Waals surface area (Å²) in [5.41, 5.74) is 0.177. The van der Waals surface area contributed by atoms with Crippen LogP contribution in [0.25, 0.3) is 27.7 Å². The van der Waals surface area contributed by atoms with E-state index in [9.17, 15) is 23.1 Å². The molecule has 0 spiro atoms. The van der Waals surface area contributed by atoms with Gasteiger partial charge in [0, 0.05) is 27.9 Å². The van der Waals surface area contributed by atoms with E-state index in [2.05, 4.69) is 9.98 Å². The van der Waals surface area contributed by atoms with E-state index in [1.54, 1.807) is 24.3 Å². The summed E-state index contributed by atoms with van der Waals surface area (Å²) in [5, 5.41) is 14.0. The monoisotopic (exact) mass is 491 g/mol. The van der Waals surface area contributed by atoms with E-state index >= 15 is 0 Å². The first-order valence-corrected chi connectivity index (χ1v) is 11.3. The standard InChI is InChI=1S/C26H16F3N3O2S/c27-26(28,29)17-9-6-10-18(13-17)32-23(33)20-12-5-4-11-19(20)21(24(32)34)14-30-25-31-22(15-35-25)16-7-2-1-3-8-16/h1-15,34H/b30-14+. The van der Waals surface area contributed by atoms with Crippen LogP contribution in [0, 0.1) is 0 Å². The average molecular weight is 491 g/mol. The molecule has 0 aliphatic heterocycles. The van der Waals surface area contributed by atoms with Crippen LogP contribution in [0.4, 0.5) is 18.3 Å². The number of pyridine rings is 1. The fourth-order valence-corrected chi connectivity index (χ4v) is 4.41. The second kappa shape index (κ2) is 8.84. The number of fused-ring (bicyclic) bond motifs is 1. The number of alkyl halides is 3. The zero-order valence-electron chi connectivity index (χ0n) is 17.9. The normalized spacial score (nSPS) is 12.0. The Bertz CT molecular complexity index is 1620. The third-order valence-corrected chi connectivity index (χ3v) is 6.15. The minimum Gasteiger partial charge on any atom is -0.494 e. The lowest BCUT2D eigenvalue weighted by atomic mass is 10.1. The van der Waals surface area contributed by atoms with E-state index in [1.807, 2.05) is 35.7 Å². The third kappa shape index (κ3) is 4.33. The number of nitrogens with zero attached hydrogens (tertiary/aromatic N) is 3. The quantitative estimate of drug-likeness (QED) is 0.289. The molecule has 0 aliphatic rings. The second-order valence-corrected chi connectivity index (χ2v) is 8.45. The van der Waals surface area contributed by atoms with Gasteiger partial charge in [0.05, 0.1) is 22.5 Å². The third-order valence-electron chi connectivity index (χ3n) is 5.40. The van der Waals surface area contributed by atoms with Gasteiger partial charge in [0.1, 0.15) is 0 Å². The highest BCUT2D eigenvalue weighted by Gasteiger charge is 2.31. The fourth-order valence-electron chi connectivity index (χ4n) is 3.73. The van der Waals surface area contributed by atoms with Gasteiger partial charge in [0.15, 0.2) is 0 Å². The summed E-state index contributed by atoms with van der Waals surface area (Å²) in [6, 6.07) is 20.3. The number of hydrogen-bond acceptors (Lipinski definition) is 5. The van der Waals surface area contributed by atoms with Gasteiger partial charge < -0.3 is 5.11 Å². The number of thiazole rings is 1. The molecule has 35 heavy (non-hydrogen) atoms. The lowest BCUT2D eigenvalue weighted by molar-refractivity contribution is -0.137. The van der Waals surface area contributed by atoms with Crippen molar-refractivity contribution in [2.24, 2.45) is 4.99 Å². The number of hydrogen-bond donors (Lipinski definition) is 1. The zero-order chi connectivity index (χ0) is 24.6. The Morgan fingerprint density at radius 1 is 0.943 bits per heavy atom. The molecule has 5 rings (SSSR count). The highest BCUT2D eigenvalue weighted by Crippen LogP contribution is 2.33. The molecule has 0 saturated heterocycles. The summed E-state index contributed by atoms with van der Waals surface area (Å²) in [7, 11) is 0. The summed E-state index contributed by atoms with van der Waals surface area (Å²) in [5.74, 6) is -0.517. The Morgan fingerprint density at radius 3 is 2.40 bits per heavy atom. The lowest BCUT2D eigenvalue weighted by Gasteiger charge is -2.15. The molecule has 5 nitrogen and oxygen atoms in total. The molecule has 0 bridgehead atoms. The number of benzene rings is 3. The largest absolute Gasteiger partial charge is 0.494 e. The van der Waals surface area contributed by atoms with Crippen molar-refractivity contribution in [3.8, 4) is 22.8 Å². The van der Waals surface area contributed by atoms with Crippen LogP contribution in [0.5, 0.6) is 5.88 Å². The van der Waals surface area contributed by atoms with E-state index in [0.29, 0.717) is 10.5 Å². The molecule has 174 valence electrons. The van der Waals surface area contributed by atoms with E-state index in [-0.39, 0.29) is 16.6 Å². The van der Waals surface area contributed by atoms with Crippen molar-refractivity contribution in [2.45, 2.75) is 6.18 Å². The first-order chi connectivity index (χ1) is 16.8. The Morgan fingerprint density at radius 2 is 1.66 bits per heavy atom. The van der Waals surface area contributed by atoms with Gasteiger partial charge in [-0.2, -0.15) is 13.2 Å². The second-order valence-electron chi connectivity index (χ2n) is 7.61. The van der Waals surface area contributed by atoms with Crippen molar-refractivity contribution in [3.63, 3.8) is 0 Å². The van der Waals surface area contributed by atoms with Crippen molar-refractivity contribution >= 4 is 33.5 Å². The van der Waals surface area contributed by atoms with Crippen LogP contribution in [0.15, 0.2) is 94.0 Å². The molecule has 0 amide bonds. The average Bonchev–Trinajstić information content (AvgIpc) is 3.33. The van der Waals surface area contributed by atoms with E-state index < -0.39 is 23.2 Å². The maximum atomic E-state index is 13.3. The summed E-state index contributed by atoms with van der Waals surface area (Å²) < 4.78 is 40.7. The molecule has 1 N–H and O–H groups in total. The van der Waals surface area contributed by atoms with Gasteiger partial charge in [0.25, 0.3) is 5.56 Å². The molecule has 0 fully saturated rings. The first-order valence-electron chi connectivity index (χ1n) is 10.4. The summed E-state index contributed by atoms with van der Waals surface area (Å²) >= 11 is 1.30. The molecule has 9 heteroatoms. The molecule has 0 atom stereocenters. The minimum atomic E-state index is -4.60.